The van der Waals surface area contributed by atoms with Gasteiger partial charge in [-0.25, -0.2) is 9.97 Å². The Hall–Kier alpha value is -1.26. The first-order valence-corrected chi connectivity index (χ1v) is 4.89. The molecule has 0 spiro atoms. The van der Waals surface area contributed by atoms with Crippen molar-refractivity contribution in [1.29, 1.82) is 0 Å². The SMILES string of the molecule is Nc1ncnc(OC(C(F)(F)F)C(F)(F)F)c1Br. The monoisotopic (exact) mass is 339 g/mol. The Morgan fingerprint density at radius 2 is 1.61 bits per heavy atom. The average Bonchev–Trinajstić information content (AvgIpc) is 2.16. The van der Waals surface area contributed by atoms with Crippen molar-refractivity contribution in [2.45, 2.75) is 18.5 Å². The molecule has 1 heterocycles. The molecule has 102 valence electrons. The average molecular weight is 340 g/mol. The fraction of sp³-hybridized carbons (Fsp3) is 0.429. The van der Waals surface area contributed by atoms with Crippen LogP contribution >= 0.6 is 15.9 Å². The number of anilines is 1. The normalized spacial score (nSPS) is 12.9. The summed E-state index contributed by atoms with van der Waals surface area (Å²) < 4.78 is 76.6. The topological polar surface area (TPSA) is 61.0 Å². The molecule has 11 heteroatoms. The van der Waals surface area contributed by atoms with Gasteiger partial charge in [-0.1, -0.05) is 0 Å². The Balaban J connectivity index is 3.09. The summed E-state index contributed by atoms with van der Waals surface area (Å²) in [4.78, 5) is 6.49. The molecule has 0 amide bonds. The largest absolute Gasteiger partial charge is 0.454 e. The lowest BCUT2D eigenvalue weighted by atomic mass is 10.3. The van der Waals surface area contributed by atoms with Crippen LogP contribution in [0.15, 0.2) is 10.8 Å². The number of alkyl halides is 6. The first kappa shape index (κ1) is 14.8. The van der Waals surface area contributed by atoms with Gasteiger partial charge in [0.25, 0.3) is 6.10 Å². The molecular weight excluding hydrogens is 336 g/mol. The molecule has 1 aromatic rings. The van der Waals surface area contributed by atoms with Crippen molar-refractivity contribution >= 4 is 21.7 Å². The van der Waals surface area contributed by atoms with Crippen LogP contribution in [0.4, 0.5) is 32.2 Å². The Kier molecular flexibility index (Phi) is 3.93. The highest BCUT2D eigenvalue weighted by Crippen LogP contribution is 2.38. The van der Waals surface area contributed by atoms with Crippen LogP contribution in [0.5, 0.6) is 5.88 Å². The van der Waals surface area contributed by atoms with Crippen molar-refractivity contribution in [1.82, 2.24) is 9.97 Å². The second-order valence-corrected chi connectivity index (χ2v) is 3.75. The molecule has 4 nitrogen and oxygen atoms in total. The number of nitrogens with two attached hydrogens (primary N) is 1. The quantitative estimate of drug-likeness (QED) is 0.841. The molecule has 18 heavy (non-hydrogen) atoms. The van der Waals surface area contributed by atoms with Gasteiger partial charge in [0.05, 0.1) is 0 Å². The molecule has 0 aliphatic carbocycles. The zero-order valence-electron chi connectivity index (χ0n) is 8.18. The number of ether oxygens (including phenoxy) is 1. The molecule has 1 rings (SSSR count). The maximum atomic E-state index is 12.2. The lowest BCUT2D eigenvalue weighted by molar-refractivity contribution is -0.300. The van der Waals surface area contributed by atoms with Crippen LogP contribution in [0.25, 0.3) is 0 Å². The van der Waals surface area contributed by atoms with Crippen molar-refractivity contribution < 1.29 is 31.1 Å². The van der Waals surface area contributed by atoms with Gasteiger partial charge in [0, 0.05) is 0 Å². The van der Waals surface area contributed by atoms with Crippen molar-refractivity contribution in [3.63, 3.8) is 0 Å². The molecule has 0 aliphatic rings. The van der Waals surface area contributed by atoms with E-state index < -0.39 is 24.3 Å². The summed E-state index contributed by atoms with van der Waals surface area (Å²) in [5.74, 6) is -1.29. The van der Waals surface area contributed by atoms with Crippen LogP contribution in [0.1, 0.15) is 0 Å². The standard InChI is InChI=1S/C7H4BrF6N3O/c8-2-3(15)16-1-17-4(2)18-5(6(9,10)11)7(12,13)14/h1,5H,(H2,15,16,17). The lowest BCUT2D eigenvalue weighted by Crippen LogP contribution is -2.46. The molecule has 0 saturated heterocycles. The summed E-state index contributed by atoms with van der Waals surface area (Å²) in [7, 11) is 0. The van der Waals surface area contributed by atoms with Crippen molar-refractivity contribution in [2.75, 3.05) is 5.73 Å². The maximum Gasteiger partial charge on any atom is 0.434 e. The highest BCUT2D eigenvalue weighted by Gasteiger charge is 2.59. The van der Waals surface area contributed by atoms with Crippen molar-refractivity contribution in [3.05, 3.63) is 10.8 Å². The smallest absolute Gasteiger partial charge is 0.434 e. The molecule has 1 aromatic heterocycles. The number of halogens is 7. The molecule has 0 saturated carbocycles. The minimum Gasteiger partial charge on any atom is -0.454 e. The van der Waals surface area contributed by atoms with Gasteiger partial charge in [0.1, 0.15) is 16.6 Å². The van der Waals surface area contributed by atoms with Crippen LogP contribution in [0.3, 0.4) is 0 Å². The first-order valence-electron chi connectivity index (χ1n) is 4.09. The highest BCUT2D eigenvalue weighted by atomic mass is 79.9. The summed E-state index contributed by atoms with van der Waals surface area (Å²) in [5.41, 5.74) is 5.17. The molecule has 2 N–H and O–H groups in total. The second kappa shape index (κ2) is 4.78. The van der Waals surface area contributed by atoms with Crippen molar-refractivity contribution in [2.24, 2.45) is 0 Å². The molecule has 0 aliphatic heterocycles. The van der Waals surface area contributed by atoms with E-state index in [2.05, 4.69) is 30.6 Å². The predicted molar refractivity (Wildman–Crippen MR) is 50.7 cm³/mol. The van der Waals surface area contributed by atoms with Crippen LogP contribution in [0.2, 0.25) is 0 Å². The summed E-state index contributed by atoms with van der Waals surface area (Å²) in [6.45, 7) is 0. The van der Waals surface area contributed by atoms with Gasteiger partial charge in [-0.2, -0.15) is 26.3 Å². The van der Waals surface area contributed by atoms with E-state index in [4.69, 9.17) is 5.73 Å². The molecule has 0 radical (unpaired) electrons. The predicted octanol–water partition coefficient (Wildman–Crippen LogP) is 2.69. The molecule has 0 unspecified atom stereocenters. The third-order valence-corrected chi connectivity index (χ3v) is 2.35. The number of nitrogen functional groups attached to an aromatic ring is 1. The van der Waals surface area contributed by atoms with E-state index in [1.165, 1.54) is 0 Å². The van der Waals surface area contributed by atoms with Gasteiger partial charge in [-0.15, -0.1) is 0 Å². The van der Waals surface area contributed by atoms with Gasteiger partial charge in [-0.3, -0.25) is 0 Å². The summed E-state index contributed by atoms with van der Waals surface area (Å²) in [6, 6.07) is 0. The Labute approximate surface area is 104 Å². The Morgan fingerprint density at radius 1 is 1.11 bits per heavy atom. The van der Waals surface area contributed by atoms with Gasteiger partial charge < -0.3 is 10.5 Å². The molecule has 0 bridgehead atoms. The zero-order chi connectivity index (χ0) is 14.1. The summed E-state index contributed by atoms with van der Waals surface area (Å²) in [6.07, 6.45) is -14.6. The molecule has 0 atom stereocenters. The number of hydrogen-bond donors (Lipinski definition) is 1. The van der Waals surface area contributed by atoms with E-state index in [1.807, 2.05) is 0 Å². The third-order valence-electron chi connectivity index (χ3n) is 1.61. The van der Waals surface area contributed by atoms with Crippen LogP contribution in [0, 0.1) is 0 Å². The van der Waals surface area contributed by atoms with Gasteiger partial charge >= 0.3 is 12.4 Å². The van der Waals surface area contributed by atoms with E-state index in [9.17, 15) is 26.3 Å². The van der Waals surface area contributed by atoms with Gasteiger partial charge in [-0.05, 0) is 15.9 Å². The van der Waals surface area contributed by atoms with E-state index in [0.717, 1.165) is 0 Å². The first-order chi connectivity index (χ1) is 8.03. The minimum absolute atomic E-state index is 0.344. The molecular formula is C7H4BrF6N3O. The van der Waals surface area contributed by atoms with Gasteiger partial charge in [0.15, 0.2) is 0 Å². The number of nitrogens with zero attached hydrogens (tertiary/aromatic N) is 2. The van der Waals surface area contributed by atoms with E-state index >= 15 is 0 Å². The molecule has 0 aromatic carbocycles. The maximum absolute atomic E-state index is 12.2. The van der Waals surface area contributed by atoms with Gasteiger partial charge in [0.2, 0.25) is 5.88 Å². The Bertz CT molecular complexity index is 420. The van der Waals surface area contributed by atoms with E-state index in [1.54, 1.807) is 0 Å². The van der Waals surface area contributed by atoms with Crippen LogP contribution in [-0.4, -0.2) is 28.4 Å². The van der Waals surface area contributed by atoms with E-state index in [-0.39, 0.29) is 10.3 Å². The minimum atomic E-state index is -5.63. The van der Waals surface area contributed by atoms with E-state index in [0.29, 0.717) is 6.33 Å². The second-order valence-electron chi connectivity index (χ2n) is 2.96. The molecule has 0 fully saturated rings. The Morgan fingerprint density at radius 3 is 2.06 bits per heavy atom. The highest BCUT2D eigenvalue weighted by molar-refractivity contribution is 9.10. The number of aromatic nitrogens is 2. The number of hydrogen-bond acceptors (Lipinski definition) is 4. The van der Waals surface area contributed by atoms with Crippen LogP contribution in [-0.2, 0) is 0 Å². The van der Waals surface area contributed by atoms with Crippen LogP contribution < -0.4 is 10.5 Å². The number of rotatable bonds is 2. The van der Waals surface area contributed by atoms with Crippen molar-refractivity contribution in [3.8, 4) is 5.88 Å². The third kappa shape index (κ3) is 3.37. The lowest BCUT2D eigenvalue weighted by Gasteiger charge is -2.23. The summed E-state index contributed by atoms with van der Waals surface area (Å²) in [5, 5.41) is 0. The fourth-order valence-corrected chi connectivity index (χ4v) is 1.18. The zero-order valence-corrected chi connectivity index (χ0v) is 9.77. The fourth-order valence-electron chi connectivity index (χ4n) is 0.879. The summed E-state index contributed by atoms with van der Waals surface area (Å²) >= 11 is 2.63.